The van der Waals surface area contributed by atoms with E-state index in [9.17, 15) is 14.7 Å². The minimum atomic E-state index is -1.16. The summed E-state index contributed by atoms with van der Waals surface area (Å²) in [5, 5.41) is 12.6. The van der Waals surface area contributed by atoms with Gasteiger partial charge in [0.25, 0.3) is 5.91 Å². The molecule has 2 aromatic rings. The molecule has 0 saturated carbocycles. The van der Waals surface area contributed by atoms with Crippen LogP contribution in [0, 0.1) is 0 Å². The van der Waals surface area contributed by atoms with Crippen molar-refractivity contribution in [2.45, 2.75) is 12.5 Å². The molecular formula is C16H12BrCl2NO3. The monoisotopic (exact) mass is 415 g/mol. The molecule has 0 heterocycles. The summed E-state index contributed by atoms with van der Waals surface area (Å²) in [4.78, 5) is 23.7. The third kappa shape index (κ3) is 4.70. The number of carbonyl (C=O) groups excluding carboxylic acids is 1. The normalized spacial score (nSPS) is 11.8. The standard InChI is InChI=1S/C16H12BrCl2NO3/c17-10-4-1-3-9(7-10)15(21)20-14(16(22)23)8-11-12(18)5-2-6-13(11)19/h1-7,14H,8H2,(H,20,21)(H,22,23)/t14-/m1/s1. The van der Waals surface area contributed by atoms with Crippen LogP contribution in [0.3, 0.4) is 0 Å². The fourth-order valence-corrected chi connectivity index (χ4v) is 2.95. The quantitative estimate of drug-likeness (QED) is 0.768. The first-order valence-corrected chi connectivity index (χ1v) is 8.15. The summed E-state index contributed by atoms with van der Waals surface area (Å²) < 4.78 is 0.728. The summed E-state index contributed by atoms with van der Waals surface area (Å²) in [6.07, 6.45) is -0.00637. The van der Waals surface area contributed by atoms with Crippen LogP contribution in [0.1, 0.15) is 15.9 Å². The lowest BCUT2D eigenvalue weighted by Gasteiger charge is -2.16. The summed E-state index contributed by atoms with van der Waals surface area (Å²) in [6.45, 7) is 0. The van der Waals surface area contributed by atoms with Crippen molar-refractivity contribution in [3.8, 4) is 0 Å². The van der Waals surface area contributed by atoms with Crippen molar-refractivity contribution in [2.24, 2.45) is 0 Å². The van der Waals surface area contributed by atoms with E-state index in [0.29, 0.717) is 21.2 Å². The predicted molar refractivity (Wildman–Crippen MR) is 93.2 cm³/mol. The Balaban J connectivity index is 2.19. The average Bonchev–Trinajstić information content (AvgIpc) is 2.49. The van der Waals surface area contributed by atoms with E-state index in [4.69, 9.17) is 23.2 Å². The first-order valence-electron chi connectivity index (χ1n) is 6.60. The van der Waals surface area contributed by atoms with Gasteiger partial charge >= 0.3 is 5.97 Å². The zero-order chi connectivity index (χ0) is 17.0. The number of carbonyl (C=O) groups is 2. The number of benzene rings is 2. The number of hydrogen-bond acceptors (Lipinski definition) is 2. The fraction of sp³-hybridized carbons (Fsp3) is 0.125. The number of amides is 1. The molecule has 2 N–H and O–H groups in total. The van der Waals surface area contributed by atoms with Crippen LogP contribution >= 0.6 is 39.1 Å². The molecule has 0 aliphatic carbocycles. The Morgan fingerprint density at radius 3 is 2.30 bits per heavy atom. The van der Waals surface area contributed by atoms with E-state index in [0.717, 1.165) is 4.47 Å². The molecule has 120 valence electrons. The molecule has 1 atom stereocenters. The minimum Gasteiger partial charge on any atom is -0.480 e. The van der Waals surface area contributed by atoms with Crippen LogP contribution in [0.15, 0.2) is 46.9 Å². The largest absolute Gasteiger partial charge is 0.480 e. The third-order valence-corrected chi connectivity index (χ3v) is 4.36. The van der Waals surface area contributed by atoms with Gasteiger partial charge in [-0.05, 0) is 35.9 Å². The summed E-state index contributed by atoms with van der Waals surface area (Å²) in [5.41, 5.74) is 0.841. The maximum absolute atomic E-state index is 12.2. The molecule has 0 bridgehead atoms. The summed E-state index contributed by atoms with van der Waals surface area (Å²) in [6, 6.07) is 10.4. The van der Waals surface area contributed by atoms with Gasteiger partial charge in [0.05, 0.1) is 0 Å². The van der Waals surface area contributed by atoms with Gasteiger partial charge < -0.3 is 10.4 Å². The summed E-state index contributed by atoms with van der Waals surface area (Å²) >= 11 is 15.4. The van der Waals surface area contributed by atoms with E-state index >= 15 is 0 Å². The highest BCUT2D eigenvalue weighted by Gasteiger charge is 2.23. The van der Waals surface area contributed by atoms with E-state index in [1.807, 2.05) is 0 Å². The van der Waals surface area contributed by atoms with Crippen molar-refractivity contribution in [3.63, 3.8) is 0 Å². The van der Waals surface area contributed by atoms with E-state index < -0.39 is 17.9 Å². The zero-order valence-electron chi connectivity index (χ0n) is 11.7. The van der Waals surface area contributed by atoms with Crippen LogP contribution in [0.25, 0.3) is 0 Å². The highest BCUT2D eigenvalue weighted by atomic mass is 79.9. The number of carboxylic acids is 1. The molecule has 0 saturated heterocycles. The molecule has 4 nitrogen and oxygen atoms in total. The molecule has 2 rings (SSSR count). The first-order chi connectivity index (χ1) is 10.9. The van der Waals surface area contributed by atoms with Crippen molar-refractivity contribution >= 4 is 51.0 Å². The van der Waals surface area contributed by atoms with E-state index in [1.54, 1.807) is 42.5 Å². The van der Waals surface area contributed by atoms with Gasteiger partial charge in [-0.2, -0.15) is 0 Å². The molecule has 0 aromatic heterocycles. The number of halogens is 3. The lowest BCUT2D eigenvalue weighted by atomic mass is 10.1. The molecule has 0 spiro atoms. The average molecular weight is 417 g/mol. The fourth-order valence-electron chi connectivity index (χ4n) is 2.00. The lowest BCUT2D eigenvalue weighted by Crippen LogP contribution is -2.42. The van der Waals surface area contributed by atoms with Crippen molar-refractivity contribution in [2.75, 3.05) is 0 Å². The second-order valence-corrected chi connectivity index (χ2v) is 6.51. The van der Waals surface area contributed by atoms with Crippen LogP contribution < -0.4 is 5.32 Å². The van der Waals surface area contributed by atoms with Gasteiger partial charge in [-0.15, -0.1) is 0 Å². The zero-order valence-corrected chi connectivity index (χ0v) is 14.8. The van der Waals surface area contributed by atoms with Crippen molar-refractivity contribution in [1.29, 1.82) is 0 Å². The number of aliphatic carboxylic acids is 1. The number of hydrogen-bond donors (Lipinski definition) is 2. The second-order valence-electron chi connectivity index (χ2n) is 4.78. The van der Waals surface area contributed by atoms with Gasteiger partial charge in [0.2, 0.25) is 0 Å². The Bertz CT molecular complexity index is 732. The van der Waals surface area contributed by atoms with Crippen molar-refractivity contribution < 1.29 is 14.7 Å². The molecule has 7 heteroatoms. The van der Waals surface area contributed by atoms with Gasteiger partial charge in [0.15, 0.2) is 0 Å². The summed E-state index contributed by atoms with van der Waals surface area (Å²) in [7, 11) is 0. The topological polar surface area (TPSA) is 66.4 Å². The molecule has 23 heavy (non-hydrogen) atoms. The molecule has 0 aliphatic heterocycles. The van der Waals surface area contributed by atoms with Crippen molar-refractivity contribution in [3.05, 3.63) is 68.1 Å². The van der Waals surface area contributed by atoms with Gasteiger partial charge in [0, 0.05) is 26.5 Å². The van der Waals surface area contributed by atoms with Gasteiger partial charge in [-0.1, -0.05) is 51.3 Å². The molecule has 1 amide bonds. The molecule has 2 aromatic carbocycles. The minimum absolute atomic E-state index is 0.00637. The lowest BCUT2D eigenvalue weighted by molar-refractivity contribution is -0.139. The third-order valence-electron chi connectivity index (χ3n) is 3.16. The van der Waals surface area contributed by atoms with Crippen LogP contribution in [0.4, 0.5) is 0 Å². The molecular weight excluding hydrogens is 405 g/mol. The Morgan fingerprint density at radius 2 is 1.74 bits per heavy atom. The van der Waals surface area contributed by atoms with Gasteiger partial charge in [-0.25, -0.2) is 4.79 Å². The van der Waals surface area contributed by atoms with Gasteiger partial charge in [0.1, 0.15) is 6.04 Å². The molecule has 0 aliphatic rings. The number of nitrogens with one attached hydrogen (secondary N) is 1. The smallest absolute Gasteiger partial charge is 0.326 e. The van der Waals surface area contributed by atoms with Crippen LogP contribution in [0.5, 0.6) is 0 Å². The Labute approximate surface area is 151 Å². The maximum Gasteiger partial charge on any atom is 0.326 e. The van der Waals surface area contributed by atoms with Crippen molar-refractivity contribution in [1.82, 2.24) is 5.32 Å². The Hall–Kier alpha value is -1.56. The van der Waals surface area contributed by atoms with Crippen LogP contribution in [-0.2, 0) is 11.2 Å². The molecule has 0 fully saturated rings. The highest BCUT2D eigenvalue weighted by molar-refractivity contribution is 9.10. The van der Waals surface area contributed by atoms with E-state index in [-0.39, 0.29) is 6.42 Å². The molecule has 0 unspecified atom stereocenters. The number of carboxylic acid groups (broad SMARTS) is 1. The first kappa shape index (κ1) is 17.8. The predicted octanol–water partition coefficient (Wildman–Crippen LogP) is 4.18. The van der Waals surface area contributed by atoms with Crippen LogP contribution in [0.2, 0.25) is 10.0 Å². The summed E-state index contributed by atoms with van der Waals surface area (Å²) in [5.74, 6) is -1.65. The second kappa shape index (κ2) is 7.81. The van der Waals surface area contributed by atoms with Gasteiger partial charge in [-0.3, -0.25) is 4.79 Å². The Kier molecular flexibility index (Phi) is 6.04. The highest BCUT2D eigenvalue weighted by Crippen LogP contribution is 2.25. The van der Waals surface area contributed by atoms with E-state index in [1.165, 1.54) is 0 Å². The Morgan fingerprint density at radius 1 is 1.13 bits per heavy atom. The van der Waals surface area contributed by atoms with E-state index in [2.05, 4.69) is 21.2 Å². The maximum atomic E-state index is 12.2. The van der Waals surface area contributed by atoms with Crippen LogP contribution in [-0.4, -0.2) is 23.0 Å². The molecule has 0 radical (unpaired) electrons. The SMILES string of the molecule is O=C(N[C@H](Cc1c(Cl)cccc1Cl)C(=O)O)c1cccc(Br)c1. The number of rotatable bonds is 5.